The molecule has 1 saturated heterocycles. The van der Waals surface area contributed by atoms with Crippen molar-refractivity contribution in [3.05, 3.63) is 0 Å². The van der Waals surface area contributed by atoms with Crippen molar-refractivity contribution >= 4 is 5.97 Å². The first kappa shape index (κ1) is 74.3. The Kier molecular flexibility index (Phi) is 50.7. The molecule has 0 aromatic heterocycles. The van der Waals surface area contributed by atoms with Gasteiger partial charge in [-0.1, -0.05) is 348 Å². The van der Waals surface area contributed by atoms with Gasteiger partial charge in [0.2, 0.25) is 0 Å². The van der Waals surface area contributed by atoms with Gasteiger partial charge in [-0.25, -0.2) is 0 Å². The molecule has 2 fully saturated rings. The first-order valence-electron chi connectivity index (χ1n) is 35.8. The van der Waals surface area contributed by atoms with E-state index in [1.807, 2.05) is 0 Å². The number of ether oxygens (including phenoxy) is 3. The van der Waals surface area contributed by atoms with Crippen LogP contribution in [0.2, 0.25) is 0 Å². The summed E-state index contributed by atoms with van der Waals surface area (Å²) in [6.45, 7) is 6.35. The third kappa shape index (κ3) is 42.7. The van der Waals surface area contributed by atoms with Gasteiger partial charge in [-0.05, 0) is 43.4 Å². The van der Waals surface area contributed by atoms with E-state index in [2.05, 4.69) is 20.8 Å². The number of hydrogen-bond acceptors (Lipinski definition) is 8. The molecule has 0 spiro atoms. The summed E-state index contributed by atoms with van der Waals surface area (Å²) in [5, 5.41) is 41.8. The average Bonchev–Trinajstić information content (AvgIpc) is 4.19. The second-order valence-corrected chi connectivity index (χ2v) is 26.5. The predicted octanol–water partition coefficient (Wildman–Crippen LogP) is 20.3. The average molecular weight is 1120 g/mol. The SMILES string of the molecule is CCCCCCCCCCCCCCCCCCCCCC[C@@H](C(=O)OC[C@H]1O[C@H](OC)[C@@H](O)[C@@H]1O)[C@H](O)CCCCCCCCCCCCCCC[C@@H]1C[C@@H]1CCCCCCCCCCCCCCCCCC[C@@H](O)C(C)C. The Hall–Kier alpha value is -0.770. The fraction of sp³-hybridized carbons (Fsp3) is 0.986. The molecule has 470 valence electrons. The van der Waals surface area contributed by atoms with Gasteiger partial charge in [0, 0.05) is 7.11 Å². The van der Waals surface area contributed by atoms with Crippen LogP contribution < -0.4 is 0 Å². The quantitative estimate of drug-likeness (QED) is 0.0351. The molecule has 1 saturated carbocycles. The number of unbranched alkanes of at least 4 members (excludes halogenated alkanes) is 46. The molecular weight excluding hydrogens is 981 g/mol. The monoisotopic (exact) mass is 1120 g/mol. The van der Waals surface area contributed by atoms with E-state index in [0.717, 1.165) is 50.4 Å². The zero-order chi connectivity index (χ0) is 57.1. The molecule has 8 nitrogen and oxygen atoms in total. The summed E-state index contributed by atoms with van der Waals surface area (Å²) in [5.41, 5.74) is 0. The number of aliphatic hydroxyl groups is 4. The Morgan fingerprint density at radius 2 is 0.709 bits per heavy atom. The van der Waals surface area contributed by atoms with Gasteiger partial charge < -0.3 is 34.6 Å². The van der Waals surface area contributed by atoms with Crippen molar-refractivity contribution in [3.63, 3.8) is 0 Å². The molecular formula is C71H138O8. The Balaban J connectivity index is 1.39. The van der Waals surface area contributed by atoms with Crippen LogP contribution in [0.3, 0.4) is 0 Å². The standard InChI is InChI=1S/C71H138O8/c1-5-6-7-8-9-10-11-12-13-14-15-16-17-21-26-31-36-41-46-51-56-64(70(76)78-60-67-68(74)69(75)71(77-4)79-67)66(73)58-53-48-43-38-33-28-23-25-30-35-40-45-50-55-63-59-62(63)54-49-44-39-34-29-24-20-18-19-22-27-32-37-42-47-52-57-65(72)61(2)3/h61-69,71-75H,5-60H2,1-4H3/t62-,63+,64+,65+,66+,67+,68+,69-,71-/m0/s1. The van der Waals surface area contributed by atoms with Crippen LogP contribution in [0.5, 0.6) is 0 Å². The number of carbonyl (C=O) groups excluding carboxylic acids is 1. The molecule has 0 unspecified atom stereocenters. The molecule has 2 rings (SSSR count). The Labute approximate surface area is 491 Å². The number of methoxy groups -OCH3 is 1. The van der Waals surface area contributed by atoms with Crippen molar-refractivity contribution in [1.29, 1.82) is 0 Å². The third-order valence-corrected chi connectivity index (χ3v) is 18.8. The lowest BCUT2D eigenvalue weighted by atomic mass is 9.91. The van der Waals surface area contributed by atoms with Gasteiger partial charge in [-0.2, -0.15) is 0 Å². The van der Waals surface area contributed by atoms with Crippen molar-refractivity contribution in [1.82, 2.24) is 0 Å². The Morgan fingerprint density at radius 3 is 1.01 bits per heavy atom. The van der Waals surface area contributed by atoms with Crippen molar-refractivity contribution in [2.45, 2.75) is 411 Å². The van der Waals surface area contributed by atoms with Gasteiger partial charge in [0.15, 0.2) is 6.29 Å². The summed E-state index contributed by atoms with van der Waals surface area (Å²) in [6, 6.07) is 0. The minimum Gasteiger partial charge on any atom is -0.463 e. The highest BCUT2D eigenvalue weighted by Crippen LogP contribution is 2.46. The maximum atomic E-state index is 13.4. The van der Waals surface area contributed by atoms with Crippen LogP contribution in [0.4, 0.5) is 0 Å². The van der Waals surface area contributed by atoms with Crippen LogP contribution in [0.1, 0.15) is 374 Å². The first-order chi connectivity index (χ1) is 38.7. The molecule has 1 aliphatic heterocycles. The molecule has 9 atom stereocenters. The van der Waals surface area contributed by atoms with E-state index in [-0.39, 0.29) is 12.7 Å². The third-order valence-electron chi connectivity index (χ3n) is 18.8. The van der Waals surface area contributed by atoms with E-state index in [1.165, 1.54) is 309 Å². The zero-order valence-corrected chi connectivity index (χ0v) is 53.3. The smallest absolute Gasteiger partial charge is 0.311 e. The Morgan fingerprint density at radius 1 is 0.418 bits per heavy atom. The van der Waals surface area contributed by atoms with Gasteiger partial charge in [0.1, 0.15) is 24.9 Å². The molecule has 1 aliphatic carbocycles. The highest BCUT2D eigenvalue weighted by Gasteiger charge is 2.44. The molecule has 4 N–H and O–H groups in total. The van der Waals surface area contributed by atoms with E-state index >= 15 is 0 Å². The minimum absolute atomic E-state index is 0.101. The fourth-order valence-corrected chi connectivity index (χ4v) is 12.9. The number of hydrogen-bond donors (Lipinski definition) is 4. The second-order valence-electron chi connectivity index (χ2n) is 26.5. The van der Waals surface area contributed by atoms with Crippen LogP contribution >= 0.6 is 0 Å². The van der Waals surface area contributed by atoms with Crippen LogP contribution in [-0.4, -0.2) is 76.9 Å². The maximum absolute atomic E-state index is 13.4. The molecule has 0 radical (unpaired) electrons. The van der Waals surface area contributed by atoms with Crippen molar-refractivity contribution in [2.24, 2.45) is 23.7 Å². The van der Waals surface area contributed by atoms with E-state index in [4.69, 9.17) is 14.2 Å². The summed E-state index contributed by atoms with van der Waals surface area (Å²) in [5.74, 6) is 1.51. The highest BCUT2D eigenvalue weighted by atomic mass is 16.7. The van der Waals surface area contributed by atoms with Gasteiger partial charge in [0.25, 0.3) is 0 Å². The molecule has 8 heteroatoms. The van der Waals surface area contributed by atoms with E-state index in [1.54, 1.807) is 0 Å². The molecule has 1 heterocycles. The van der Waals surface area contributed by atoms with Gasteiger partial charge >= 0.3 is 5.97 Å². The lowest BCUT2D eigenvalue weighted by Crippen LogP contribution is -2.37. The molecule has 79 heavy (non-hydrogen) atoms. The number of esters is 1. The van der Waals surface area contributed by atoms with Crippen LogP contribution in [-0.2, 0) is 19.0 Å². The Bertz CT molecular complexity index is 1280. The van der Waals surface area contributed by atoms with Gasteiger partial charge in [-0.15, -0.1) is 0 Å². The topological polar surface area (TPSA) is 126 Å². The molecule has 0 aromatic rings. The van der Waals surface area contributed by atoms with Crippen LogP contribution in [0.25, 0.3) is 0 Å². The molecule has 2 aliphatic rings. The summed E-state index contributed by atoms with van der Waals surface area (Å²) in [4.78, 5) is 13.4. The first-order valence-corrected chi connectivity index (χ1v) is 35.8. The van der Waals surface area contributed by atoms with E-state index < -0.39 is 42.6 Å². The summed E-state index contributed by atoms with van der Waals surface area (Å²) in [6.07, 6.45) is 67.7. The van der Waals surface area contributed by atoms with Crippen molar-refractivity contribution in [3.8, 4) is 0 Å². The number of rotatable bonds is 62. The van der Waals surface area contributed by atoms with Crippen LogP contribution in [0, 0.1) is 23.7 Å². The van der Waals surface area contributed by atoms with Gasteiger partial charge in [-0.3, -0.25) is 4.79 Å². The minimum atomic E-state index is -1.19. The molecule has 0 bridgehead atoms. The predicted molar refractivity (Wildman–Crippen MR) is 336 cm³/mol. The van der Waals surface area contributed by atoms with Crippen molar-refractivity contribution < 1.29 is 39.4 Å². The zero-order valence-electron chi connectivity index (χ0n) is 53.3. The lowest BCUT2D eigenvalue weighted by molar-refractivity contribution is -0.170. The maximum Gasteiger partial charge on any atom is 0.311 e. The molecule has 0 amide bonds. The van der Waals surface area contributed by atoms with Crippen molar-refractivity contribution in [2.75, 3.05) is 13.7 Å². The summed E-state index contributed by atoms with van der Waals surface area (Å²) in [7, 11) is 1.41. The van der Waals surface area contributed by atoms with E-state index in [0.29, 0.717) is 18.8 Å². The number of carbonyl (C=O) groups is 1. The van der Waals surface area contributed by atoms with Crippen LogP contribution in [0.15, 0.2) is 0 Å². The highest BCUT2D eigenvalue weighted by molar-refractivity contribution is 5.73. The lowest BCUT2D eigenvalue weighted by Gasteiger charge is -2.23. The fourth-order valence-electron chi connectivity index (χ4n) is 12.9. The number of aliphatic hydroxyl groups excluding tert-OH is 4. The second kappa shape index (κ2) is 53.9. The summed E-state index contributed by atoms with van der Waals surface area (Å²) >= 11 is 0. The van der Waals surface area contributed by atoms with E-state index in [9.17, 15) is 25.2 Å². The summed E-state index contributed by atoms with van der Waals surface area (Å²) < 4.78 is 16.3. The van der Waals surface area contributed by atoms with Gasteiger partial charge in [0.05, 0.1) is 18.1 Å². The molecule has 0 aromatic carbocycles. The normalized spacial score (nSPS) is 20.4. The largest absolute Gasteiger partial charge is 0.463 e.